The molecule has 5 rings (SSSR count). The second-order valence-electron chi connectivity index (χ2n) is 7.17. The van der Waals surface area contributed by atoms with Crippen molar-refractivity contribution in [2.45, 2.75) is 12.5 Å². The number of nitrogens with zero attached hydrogens (tertiary/aromatic N) is 2. The van der Waals surface area contributed by atoms with Crippen LogP contribution in [0.1, 0.15) is 16.8 Å². The minimum atomic E-state index is -0.0167. The van der Waals surface area contributed by atoms with Gasteiger partial charge in [0.15, 0.2) is 0 Å². The van der Waals surface area contributed by atoms with Crippen LogP contribution in [-0.2, 0) is 0 Å². The number of hydrogen-bond acceptors (Lipinski definition) is 3. The normalized spacial score (nSPS) is 16.6. The molecule has 0 aliphatic carbocycles. The molecule has 4 aromatic rings. The maximum absolute atomic E-state index is 13.0. The van der Waals surface area contributed by atoms with Crippen molar-refractivity contribution in [2.24, 2.45) is 0 Å². The number of carbonyl (C=O) groups excluding carboxylic acids is 1. The van der Waals surface area contributed by atoms with Gasteiger partial charge < -0.3 is 9.64 Å². The van der Waals surface area contributed by atoms with E-state index in [1.54, 1.807) is 6.20 Å². The molecule has 1 unspecified atom stereocenters. The number of aromatic nitrogens is 1. The number of amides is 1. The van der Waals surface area contributed by atoms with Crippen LogP contribution in [0.5, 0.6) is 5.75 Å². The molecule has 0 bridgehead atoms. The molecule has 138 valence electrons. The number of hydrogen-bond donors (Lipinski definition) is 0. The van der Waals surface area contributed by atoms with Gasteiger partial charge in [-0.2, -0.15) is 0 Å². The molecular formula is C24H20N2O2. The highest BCUT2D eigenvalue weighted by molar-refractivity contribution is 5.98. The van der Waals surface area contributed by atoms with Gasteiger partial charge in [0.25, 0.3) is 5.91 Å². The van der Waals surface area contributed by atoms with E-state index in [1.165, 1.54) is 0 Å². The molecule has 3 aromatic carbocycles. The Labute approximate surface area is 163 Å². The highest BCUT2D eigenvalue weighted by Gasteiger charge is 2.28. The molecule has 1 fully saturated rings. The minimum Gasteiger partial charge on any atom is -0.486 e. The first-order valence-corrected chi connectivity index (χ1v) is 9.56. The van der Waals surface area contributed by atoms with Crippen LogP contribution in [0.3, 0.4) is 0 Å². The summed E-state index contributed by atoms with van der Waals surface area (Å²) < 4.78 is 6.22. The van der Waals surface area contributed by atoms with Crippen LogP contribution < -0.4 is 4.74 Å². The largest absolute Gasteiger partial charge is 0.486 e. The SMILES string of the molecule is O=C(c1ccc2ccccc2c1)N1CCC(Oc2cccc3cccnc23)C1. The fraction of sp³-hybridized carbons (Fsp3) is 0.167. The molecule has 0 radical (unpaired) electrons. The summed E-state index contributed by atoms with van der Waals surface area (Å²) in [7, 11) is 0. The van der Waals surface area contributed by atoms with Crippen LogP contribution in [0, 0.1) is 0 Å². The highest BCUT2D eigenvalue weighted by atomic mass is 16.5. The number of carbonyl (C=O) groups is 1. The lowest BCUT2D eigenvalue weighted by atomic mass is 10.1. The third kappa shape index (κ3) is 3.07. The summed E-state index contributed by atoms with van der Waals surface area (Å²) in [6.07, 6.45) is 2.58. The van der Waals surface area contributed by atoms with Crippen LogP contribution in [0.15, 0.2) is 79.0 Å². The van der Waals surface area contributed by atoms with E-state index in [0.717, 1.165) is 39.4 Å². The standard InChI is InChI=1S/C24H20N2O2/c27-24(20-11-10-17-5-1-2-6-19(17)15-20)26-14-12-21(16-26)28-22-9-3-7-18-8-4-13-25-23(18)22/h1-11,13,15,21H,12,14,16H2. The second kappa shape index (κ2) is 6.97. The molecule has 1 atom stereocenters. The van der Waals surface area contributed by atoms with Gasteiger partial charge in [0.05, 0.1) is 6.54 Å². The molecule has 4 nitrogen and oxygen atoms in total. The number of pyridine rings is 1. The average molecular weight is 368 g/mol. The molecule has 1 aliphatic heterocycles. The quantitative estimate of drug-likeness (QED) is 0.527. The number of ether oxygens (including phenoxy) is 1. The first kappa shape index (κ1) is 16.8. The fourth-order valence-corrected chi connectivity index (χ4v) is 3.86. The molecule has 1 saturated heterocycles. The first-order chi connectivity index (χ1) is 13.8. The minimum absolute atomic E-state index is 0.0167. The first-order valence-electron chi connectivity index (χ1n) is 9.56. The summed E-state index contributed by atoms with van der Waals surface area (Å²) in [5.74, 6) is 0.844. The monoisotopic (exact) mass is 368 g/mol. The van der Waals surface area contributed by atoms with E-state index in [4.69, 9.17) is 4.74 Å². The van der Waals surface area contributed by atoms with Gasteiger partial charge in [0.2, 0.25) is 0 Å². The maximum atomic E-state index is 13.0. The van der Waals surface area contributed by atoms with Crippen LogP contribution in [0.25, 0.3) is 21.7 Å². The third-order valence-corrected chi connectivity index (χ3v) is 5.32. The van der Waals surface area contributed by atoms with Crippen LogP contribution in [0.4, 0.5) is 0 Å². The van der Waals surface area contributed by atoms with E-state index < -0.39 is 0 Å². The number of likely N-dealkylation sites (tertiary alicyclic amines) is 1. The van der Waals surface area contributed by atoms with Gasteiger partial charge in [0.1, 0.15) is 17.4 Å². The molecule has 0 spiro atoms. The van der Waals surface area contributed by atoms with Crippen molar-refractivity contribution >= 4 is 27.6 Å². The van der Waals surface area contributed by atoms with Crippen molar-refractivity contribution < 1.29 is 9.53 Å². The Morgan fingerprint density at radius 2 is 1.75 bits per heavy atom. The summed E-state index contributed by atoms with van der Waals surface area (Å²) in [5.41, 5.74) is 1.59. The summed E-state index contributed by atoms with van der Waals surface area (Å²) in [4.78, 5) is 19.3. The highest BCUT2D eigenvalue weighted by Crippen LogP contribution is 2.27. The molecule has 1 aliphatic rings. The van der Waals surface area contributed by atoms with E-state index in [-0.39, 0.29) is 12.0 Å². The average Bonchev–Trinajstić information content (AvgIpc) is 3.22. The van der Waals surface area contributed by atoms with Gasteiger partial charge in [-0.15, -0.1) is 0 Å². The van der Waals surface area contributed by atoms with E-state index in [9.17, 15) is 4.79 Å². The van der Waals surface area contributed by atoms with Crippen LogP contribution in [-0.4, -0.2) is 35.0 Å². The van der Waals surface area contributed by atoms with Crippen LogP contribution >= 0.6 is 0 Å². The van der Waals surface area contributed by atoms with E-state index in [1.807, 2.05) is 71.6 Å². The van der Waals surface area contributed by atoms with Gasteiger partial charge in [-0.1, -0.05) is 48.5 Å². The molecule has 1 amide bonds. The Morgan fingerprint density at radius 3 is 2.68 bits per heavy atom. The zero-order valence-corrected chi connectivity index (χ0v) is 15.4. The maximum Gasteiger partial charge on any atom is 0.254 e. The lowest BCUT2D eigenvalue weighted by Gasteiger charge is -2.18. The molecule has 0 N–H and O–H groups in total. The zero-order valence-electron chi connectivity index (χ0n) is 15.4. The summed E-state index contributed by atoms with van der Waals surface area (Å²) in [6, 6.07) is 23.9. The van der Waals surface area contributed by atoms with E-state index in [2.05, 4.69) is 11.1 Å². The van der Waals surface area contributed by atoms with Crippen molar-refractivity contribution in [1.82, 2.24) is 9.88 Å². The lowest BCUT2D eigenvalue weighted by Crippen LogP contribution is -2.30. The van der Waals surface area contributed by atoms with E-state index in [0.29, 0.717) is 13.1 Å². The van der Waals surface area contributed by atoms with Gasteiger partial charge in [-0.3, -0.25) is 9.78 Å². The van der Waals surface area contributed by atoms with Crippen molar-refractivity contribution in [3.63, 3.8) is 0 Å². The van der Waals surface area contributed by atoms with Gasteiger partial charge in [-0.05, 0) is 35.0 Å². The van der Waals surface area contributed by atoms with Gasteiger partial charge >= 0.3 is 0 Å². The summed E-state index contributed by atoms with van der Waals surface area (Å²) in [5, 5.41) is 3.29. The molecule has 1 aromatic heterocycles. The number of benzene rings is 3. The molecular weight excluding hydrogens is 348 g/mol. The lowest BCUT2D eigenvalue weighted by molar-refractivity contribution is 0.0773. The fourth-order valence-electron chi connectivity index (χ4n) is 3.86. The summed E-state index contributed by atoms with van der Waals surface area (Å²) >= 11 is 0. The Morgan fingerprint density at radius 1 is 0.929 bits per heavy atom. The van der Waals surface area contributed by atoms with Crippen molar-refractivity contribution in [1.29, 1.82) is 0 Å². The predicted octanol–water partition coefficient (Wildman–Crippen LogP) is 4.68. The molecule has 2 heterocycles. The Kier molecular flexibility index (Phi) is 4.17. The van der Waals surface area contributed by atoms with Gasteiger partial charge in [-0.25, -0.2) is 0 Å². The molecule has 28 heavy (non-hydrogen) atoms. The Hall–Kier alpha value is -3.40. The smallest absolute Gasteiger partial charge is 0.254 e. The second-order valence-corrected chi connectivity index (χ2v) is 7.17. The predicted molar refractivity (Wildman–Crippen MR) is 111 cm³/mol. The molecule has 0 saturated carbocycles. The van der Waals surface area contributed by atoms with Crippen LogP contribution in [0.2, 0.25) is 0 Å². The zero-order chi connectivity index (χ0) is 18.9. The Bertz CT molecular complexity index is 1170. The van der Waals surface area contributed by atoms with Gasteiger partial charge in [0, 0.05) is 30.1 Å². The third-order valence-electron chi connectivity index (χ3n) is 5.32. The number of rotatable bonds is 3. The molecule has 4 heteroatoms. The number of fused-ring (bicyclic) bond motifs is 2. The van der Waals surface area contributed by atoms with Crippen molar-refractivity contribution in [2.75, 3.05) is 13.1 Å². The summed E-state index contributed by atoms with van der Waals surface area (Å²) in [6.45, 7) is 1.30. The number of para-hydroxylation sites is 1. The van der Waals surface area contributed by atoms with Crippen molar-refractivity contribution in [3.8, 4) is 5.75 Å². The van der Waals surface area contributed by atoms with Crippen molar-refractivity contribution in [3.05, 3.63) is 84.6 Å². The topological polar surface area (TPSA) is 42.4 Å². The Balaban J connectivity index is 1.33. The van der Waals surface area contributed by atoms with E-state index >= 15 is 0 Å².